The SMILES string of the molecule is CC(C)(C)c1cc2c(cc1Cl)C=C(C(=O)OCOC(=O)CO)[C@@H](C(F)(F)F)O2. The van der Waals surface area contributed by atoms with Crippen LogP contribution >= 0.6 is 11.6 Å². The van der Waals surface area contributed by atoms with Gasteiger partial charge in [-0.05, 0) is 29.2 Å². The van der Waals surface area contributed by atoms with E-state index in [1.54, 1.807) is 0 Å². The molecule has 1 aromatic carbocycles. The topological polar surface area (TPSA) is 82.1 Å². The molecule has 0 aromatic heterocycles. The van der Waals surface area contributed by atoms with Crippen molar-refractivity contribution in [3.05, 3.63) is 33.9 Å². The van der Waals surface area contributed by atoms with Crippen molar-refractivity contribution in [1.29, 1.82) is 0 Å². The number of rotatable bonds is 4. The summed E-state index contributed by atoms with van der Waals surface area (Å²) in [4.78, 5) is 22.9. The number of esters is 2. The molecule has 6 nitrogen and oxygen atoms in total. The Hall–Kier alpha value is -2.26. The minimum Gasteiger partial charge on any atom is -0.475 e. The zero-order valence-electron chi connectivity index (χ0n) is 15.2. The molecule has 1 atom stereocenters. The fourth-order valence-corrected chi connectivity index (χ4v) is 2.93. The normalized spacial score (nSPS) is 16.6. The van der Waals surface area contributed by atoms with Gasteiger partial charge in [-0.1, -0.05) is 32.4 Å². The zero-order chi connectivity index (χ0) is 21.3. The summed E-state index contributed by atoms with van der Waals surface area (Å²) in [7, 11) is 0. The van der Waals surface area contributed by atoms with Gasteiger partial charge in [0.1, 0.15) is 12.4 Å². The van der Waals surface area contributed by atoms with Crippen LogP contribution in [-0.4, -0.2) is 42.7 Å². The van der Waals surface area contributed by atoms with E-state index in [1.165, 1.54) is 12.1 Å². The van der Waals surface area contributed by atoms with E-state index in [-0.39, 0.29) is 11.3 Å². The van der Waals surface area contributed by atoms with Gasteiger partial charge in [-0.15, -0.1) is 0 Å². The third-order valence-corrected chi connectivity index (χ3v) is 4.13. The standard InChI is InChI=1S/C18H18ClF3O6/c1-17(2,3)11-6-13-9(5-12(11)19)4-10(15(28-13)18(20,21)22)16(25)27-8-26-14(24)7-23/h4-6,15,23H,7-8H2,1-3H3/t15-/m0/s1. The molecular weight excluding hydrogens is 405 g/mol. The zero-order valence-corrected chi connectivity index (χ0v) is 16.0. The number of benzene rings is 1. The summed E-state index contributed by atoms with van der Waals surface area (Å²) >= 11 is 6.23. The van der Waals surface area contributed by atoms with Crippen molar-refractivity contribution in [2.45, 2.75) is 38.5 Å². The van der Waals surface area contributed by atoms with Crippen LogP contribution in [-0.2, 0) is 24.5 Å². The number of fused-ring (bicyclic) bond motifs is 1. The lowest BCUT2D eigenvalue weighted by Gasteiger charge is -2.30. The molecule has 2 rings (SSSR count). The third-order valence-electron chi connectivity index (χ3n) is 3.82. The average Bonchev–Trinajstić information content (AvgIpc) is 2.57. The van der Waals surface area contributed by atoms with Crippen LogP contribution in [0.4, 0.5) is 13.2 Å². The molecule has 1 heterocycles. The lowest BCUT2D eigenvalue weighted by molar-refractivity contribution is -0.190. The minimum absolute atomic E-state index is 0.0695. The Kier molecular flexibility index (Phi) is 6.30. The number of aliphatic hydroxyl groups is 1. The van der Waals surface area contributed by atoms with Crippen molar-refractivity contribution in [3.8, 4) is 5.75 Å². The molecule has 0 saturated heterocycles. The summed E-state index contributed by atoms with van der Waals surface area (Å²) < 4.78 is 54.2. The first-order valence-corrected chi connectivity index (χ1v) is 8.45. The molecule has 0 aliphatic carbocycles. The molecule has 0 bridgehead atoms. The second kappa shape index (κ2) is 8.00. The molecule has 0 amide bonds. The van der Waals surface area contributed by atoms with Gasteiger partial charge in [0.25, 0.3) is 0 Å². The summed E-state index contributed by atoms with van der Waals surface area (Å²) in [6.45, 7) is 3.62. The first-order chi connectivity index (χ1) is 12.8. The molecule has 0 fully saturated rings. The number of carbonyl (C=O) groups excluding carboxylic acids is 2. The van der Waals surface area contributed by atoms with Gasteiger partial charge >= 0.3 is 18.1 Å². The maximum Gasteiger partial charge on any atom is 0.430 e. The van der Waals surface area contributed by atoms with Gasteiger partial charge in [0.2, 0.25) is 12.9 Å². The number of ether oxygens (including phenoxy) is 3. The van der Waals surface area contributed by atoms with Gasteiger partial charge in [-0.3, -0.25) is 0 Å². The highest BCUT2D eigenvalue weighted by molar-refractivity contribution is 6.31. The second-order valence-corrected chi connectivity index (χ2v) is 7.39. The predicted molar refractivity (Wildman–Crippen MR) is 92.7 cm³/mol. The number of alkyl halides is 3. The molecule has 154 valence electrons. The van der Waals surface area contributed by atoms with Crippen LogP contribution in [0.2, 0.25) is 5.02 Å². The maximum absolute atomic E-state index is 13.4. The third kappa shape index (κ3) is 4.96. The second-order valence-electron chi connectivity index (χ2n) is 6.98. The molecule has 1 aliphatic heterocycles. The minimum atomic E-state index is -4.90. The average molecular weight is 423 g/mol. The Morgan fingerprint density at radius 1 is 1.21 bits per heavy atom. The van der Waals surface area contributed by atoms with Crippen LogP contribution in [0.25, 0.3) is 6.08 Å². The molecule has 0 saturated carbocycles. The van der Waals surface area contributed by atoms with Crippen LogP contribution in [0.3, 0.4) is 0 Å². The first-order valence-electron chi connectivity index (χ1n) is 8.07. The van der Waals surface area contributed by atoms with Crippen LogP contribution in [0, 0.1) is 0 Å². The molecule has 1 aromatic rings. The van der Waals surface area contributed by atoms with E-state index in [1.807, 2.05) is 20.8 Å². The van der Waals surface area contributed by atoms with E-state index >= 15 is 0 Å². The number of halogens is 4. The van der Waals surface area contributed by atoms with E-state index in [2.05, 4.69) is 9.47 Å². The molecule has 0 spiro atoms. The van der Waals surface area contributed by atoms with Gasteiger partial charge < -0.3 is 19.3 Å². The van der Waals surface area contributed by atoms with E-state index in [4.69, 9.17) is 21.4 Å². The summed E-state index contributed by atoms with van der Waals surface area (Å²) in [5.74, 6) is -2.55. The maximum atomic E-state index is 13.4. The Morgan fingerprint density at radius 2 is 1.86 bits per heavy atom. The lowest BCUT2D eigenvalue weighted by Crippen LogP contribution is -2.41. The predicted octanol–water partition coefficient (Wildman–Crippen LogP) is 3.38. The molecular formula is C18H18ClF3O6. The fraction of sp³-hybridized carbons (Fsp3) is 0.444. The summed E-state index contributed by atoms with van der Waals surface area (Å²) in [6, 6.07) is 2.82. The van der Waals surface area contributed by atoms with Gasteiger partial charge in [0.05, 0.1) is 5.57 Å². The Morgan fingerprint density at radius 3 is 2.39 bits per heavy atom. The van der Waals surface area contributed by atoms with Crippen molar-refractivity contribution >= 4 is 29.6 Å². The number of hydrogen-bond acceptors (Lipinski definition) is 6. The highest BCUT2D eigenvalue weighted by Gasteiger charge is 2.49. The largest absolute Gasteiger partial charge is 0.475 e. The van der Waals surface area contributed by atoms with Crippen molar-refractivity contribution < 1.29 is 42.1 Å². The number of hydrogen-bond donors (Lipinski definition) is 1. The first kappa shape index (κ1) is 22.0. The molecule has 10 heteroatoms. The highest BCUT2D eigenvalue weighted by atomic mass is 35.5. The van der Waals surface area contributed by atoms with Crippen LogP contribution in [0.5, 0.6) is 5.75 Å². The van der Waals surface area contributed by atoms with Crippen LogP contribution in [0.1, 0.15) is 31.9 Å². The Balaban J connectivity index is 2.39. The monoisotopic (exact) mass is 422 g/mol. The summed E-state index contributed by atoms with van der Waals surface area (Å²) in [5, 5.41) is 8.81. The van der Waals surface area contributed by atoms with Crippen molar-refractivity contribution in [1.82, 2.24) is 0 Å². The van der Waals surface area contributed by atoms with Crippen molar-refractivity contribution in [2.24, 2.45) is 0 Å². The fourth-order valence-electron chi connectivity index (χ4n) is 2.48. The number of carbonyl (C=O) groups is 2. The molecule has 1 N–H and O–H groups in total. The van der Waals surface area contributed by atoms with Crippen molar-refractivity contribution in [3.63, 3.8) is 0 Å². The summed E-state index contributed by atoms with van der Waals surface area (Å²) in [5.41, 5.74) is -0.496. The van der Waals surface area contributed by atoms with Crippen LogP contribution < -0.4 is 4.74 Å². The highest BCUT2D eigenvalue weighted by Crippen LogP contribution is 2.42. The molecule has 28 heavy (non-hydrogen) atoms. The number of aliphatic hydroxyl groups excluding tert-OH is 1. The molecule has 0 unspecified atom stereocenters. The van der Waals surface area contributed by atoms with Gasteiger partial charge in [-0.2, -0.15) is 13.2 Å². The Bertz CT molecular complexity index is 811. The van der Waals surface area contributed by atoms with Gasteiger partial charge in [0.15, 0.2) is 0 Å². The van der Waals surface area contributed by atoms with E-state index in [9.17, 15) is 22.8 Å². The van der Waals surface area contributed by atoms with Crippen molar-refractivity contribution in [2.75, 3.05) is 13.4 Å². The quantitative estimate of drug-likeness (QED) is 0.591. The molecule has 0 radical (unpaired) electrons. The van der Waals surface area contributed by atoms with Gasteiger partial charge in [0, 0.05) is 10.6 Å². The van der Waals surface area contributed by atoms with E-state index in [0.29, 0.717) is 10.6 Å². The van der Waals surface area contributed by atoms with E-state index in [0.717, 1.165) is 6.08 Å². The lowest BCUT2D eigenvalue weighted by atomic mass is 9.85. The molecule has 1 aliphatic rings. The van der Waals surface area contributed by atoms with Crippen LogP contribution in [0.15, 0.2) is 17.7 Å². The smallest absolute Gasteiger partial charge is 0.430 e. The van der Waals surface area contributed by atoms with Gasteiger partial charge in [-0.25, -0.2) is 9.59 Å². The Labute approximate surface area is 163 Å². The van der Waals surface area contributed by atoms with E-state index < -0.39 is 48.6 Å². The summed E-state index contributed by atoms with van der Waals surface area (Å²) in [6.07, 6.45) is -6.48.